The Morgan fingerprint density at radius 2 is 1.71 bits per heavy atom. The van der Waals surface area contributed by atoms with Crippen LogP contribution < -0.4 is 10.6 Å². The topological polar surface area (TPSA) is 54.0 Å². The van der Waals surface area contributed by atoms with E-state index in [2.05, 4.69) is 15.6 Å². The summed E-state index contributed by atoms with van der Waals surface area (Å²) >= 11 is 1.58. The Balaban J connectivity index is 1.44. The summed E-state index contributed by atoms with van der Waals surface area (Å²) in [6, 6.07) is 6.21. The zero-order valence-corrected chi connectivity index (χ0v) is 14.1. The number of benzene rings is 1. The lowest BCUT2D eigenvalue weighted by atomic mass is 10.0. The van der Waals surface area contributed by atoms with Crippen molar-refractivity contribution in [3.8, 4) is 0 Å². The van der Waals surface area contributed by atoms with E-state index in [0.717, 1.165) is 36.3 Å². The van der Waals surface area contributed by atoms with Crippen LogP contribution in [0.3, 0.4) is 0 Å². The van der Waals surface area contributed by atoms with Gasteiger partial charge in [-0.05, 0) is 55.2 Å². The highest BCUT2D eigenvalue weighted by atomic mass is 32.1. The van der Waals surface area contributed by atoms with Gasteiger partial charge in [-0.2, -0.15) is 0 Å². The van der Waals surface area contributed by atoms with Gasteiger partial charge in [0, 0.05) is 11.6 Å². The lowest BCUT2D eigenvalue weighted by Gasteiger charge is -2.22. The Kier molecular flexibility index (Phi) is 4.22. The van der Waals surface area contributed by atoms with E-state index >= 15 is 0 Å². The molecule has 0 unspecified atom stereocenters. The Morgan fingerprint density at radius 1 is 1.08 bits per heavy atom. The van der Waals surface area contributed by atoms with Gasteiger partial charge < -0.3 is 10.6 Å². The third-order valence-electron chi connectivity index (χ3n) is 4.71. The van der Waals surface area contributed by atoms with E-state index in [1.54, 1.807) is 29.7 Å². The molecule has 2 N–H and O–H groups in total. The van der Waals surface area contributed by atoms with Gasteiger partial charge in [-0.25, -0.2) is 14.2 Å². The van der Waals surface area contributed by atoms with Crippen LogP contribution in [0.15, 0.2) is 35.8 Å². The zero-order chi connectivity index (χ0) is 16.5. The number of hydrogen-bond acceptors (Lipinski definition) is 3. The predicted molar refractivity (Wildman–Crippen MR) is 91.1 cm³/mol. The molecule has 4 nitrogen and oxygen atoms in total. The van der Waals surface area contributed by atoms with Crippen molar-refractivity contribution in [3.05, 3.63) is 52.2 Å². The number of amides is 2. The van der Waals surface area contributed by atoms with E-state index in [1.165, 1.54) is 12.1 Å². The SMILES string of the molecule is O=C(N[C@H](c1ccc(F)cc1)C1CC1)N[C@@H](c1nccs1)C1CC1. The first-order valence-corrected chi connectivity index (χ1v) is 9.30. The second-order valence-corrected chi connectivity index (χ2v) is 7.60. The Labute approximate surface area is 144 Å². The monoisotopic (exact) mass is 345 g/mol. The lowest BCUT2D eigenvalue weighted by Crippen LogP contribution is -2.41. The molecule has 0 radical (unpaired) electrons. The van der Waals surface area contributed by atoms with Crippen LogP contribution in [-0.4, -0.2) is 11.0 Å². The second kappa shape index (κ2) is 6.51. The molecule has 1 heterocycles. The van der Waals surface area contributed by atoms with E-state index in [1.807, 2.05) is 5.38 Å². The molecule has 2 saturated carbocycles. The van der Waals surface area contributed by atoms with Crippen molar-refractivity contribution >= 4 is 17.4 Å². The molecule has 2 amide bonds. The summed E-state index contributed by atoms with van der Waals surface area (Å²) in [5.74, 6) is 0.683. The number of halogens is 1. The minimum Gasteiger partial charge on any atom is -0.331 e. The molecule has 2 atom stereocenters. The molecule has 4 rings (SSSR count). The van der Waals surface area contributed by atoms with Crippen molar-refractivity contribution in [3.63, 3.8) is 0 Å². The van der Waals surface area contributed by atoms with Gasteiger partial charge in [0.2, 0.25) is 0 Å². The fourth-order valence-electron chi connectivity index (χ4n) is 3.10. The van der Waals surface area contributed by atoms with Crippen LogP contribution in [-0.2, 0) is 0 Å². The molecule has 6 heteroatoms. The fraction of sp³-hybridized carbons (Fsp3) is 0.444. The number of urea groups is 1. The van der Waals surface area contributed by atoms with E-state index in [9.17, 15) is 9.18 Å². The van der Waals surface area contributed by atoms with E-state index in [-0.39, 0.29) is 23.9 Å². The number of carbonyl (C=O) groups excluding carboxylic acids is 1. The van der Waals surface area contributed by atoms with Crippen LogP contribution in [0.4, 0.5) is 9.18 Å². The summed E-state index contributed by atoms with van der Waals surface area (Å²) in [7, 11) is 0. The van der Waals surface area contributed by atoms with Gasteiger partial charge in [-0.1, -0.05) is 12.1 Å². The Bertz CT molecular complexity index is 696. The maximum atomic E-state index is 13.1. The number of aromatic nitrogens is 1. The highest BCUT2D eigenvalue weighted by Crippen LogP contribution is 2.43. The molecule has 0 saturated heterocycles. The number of nitrogens with zero attached hydrogens (tertiary/aromatic N) is 1. The first-order valence-electron chi connectivity index (χ1n) is 8.42. The summed E-state index contributed by atoms with van der Waals surface area (Å²) in [4.78, 5) is 16.9. The van der Waals surface area contributed by atoms with Crippen molar-refractivity contribution < 1.29 is 9.18 Å². The van der Waals surface area contributed by atoms with Gasteiger partial charge in [0.15, 0.2) is 0 Å². The average Bonchev–Trinajstić information content (AvgIpc) is 3.50. The molecule has 0 aliphatic heterocycles. The van der Waals surface area contributed by atoms with Crippen molar-refractivity contribution in [1.82, 2.24) is 15.6 Å². The molecule has 2 aliphatic rings. The molecule has 0 bridgehead atoms. The number of thiazole rings is 1. The standard InChI is InChI=1S/C18H20FN3OS/c19-14-7-5-12(6-8-14)15(11-1-2-11)21-18(23)22-16(13-3-4-13)17-20-9-10-24-17/h5-11,13,15-16H,1-4H2,(H2,21,22,23)/t15-,16+/m0/s1. The van der Waals surface area contributed by atoms with Crippen molar-refractivity contribution in [2.45, 2.75) is 37.8 Å². The molecule has 0 spiro atoms. The summed E-state index contributed by atoms with van der Waals surface area (Å²) in [5.41, 5.74) is 0.964. The van der Waals surface area contributed by atoms with Crippen LogP contribution in [0.25, 0.3) is 0 Å². The van der Waals surface area contributed by atoms with E-state index in [0.29, 0.717) is 11.8 Å². The van der Waals surface area contributed by atoms with Crippen molar-refractivity contribution in [1.29, 1.82) is 0 Å². The highest BCUT2D eigenvalue weighted by molar-refractivity contribution is 7.09. The second-order valence-electron chi connectivity index (χ2n) is 6.67. The summed E-state index contributed by atoms with van der Waals surface area (Å²) in [6.45, 7) is 0. The van der Waals surface area contributed by atoms with Crippen molar-refractivity contribution in [2.24, 2.45) is 11.8 Å². The smallest absolute Gasteiger partial charge is 0.315 e. The first kappa shape index (κ1) is 15.6. The molecular weight excluding hydrogens is 325 g/mol. The highest BCUT2D eigenvalue weighted by Gasteiger charge is 2.37. The van der Waals surface area contributed by atoms with Crippen LogP contribution in [0.1, 0.15) is 48.3 Å². The molecule has 1 aromatic carbocycles. The number of nitrogens with one attached hydrogen (secondary N) is 2. The lowest BCUT2D eigenvalue weighted by molar-refractivity contribution is 0.230. The molecule has 1 aromatic heterocycles. The van der Waals surface area contributed by atoms with Gasteiger partial charge in [0.05, 0.1) is 12.1 Å². The maximum absolute atomic E-state index is 13.1. The minimum atomic E-state index is -0.254. The molecule has 126 valence electrons. The largest absolute Gasteiger partial charge is 0.331 e. The first-order chi connectivity index (χ1) is 11.7. The van der Waals surface area contributed by atoms with Crippen molar-refractivity contribution in [2.75, 3.05) is 0 Å². The third-order valence-corrected chi connectivity index (χ3v) is 5.57. The average molecular weight is 345 g/mol. The number of rotatable bonds is 6. The van der Waals surface area contributed by atoms with E-state index < -0.39 is 0 Å². The molecule has 2 aromatic rings. The maximum Gasteiger partial charge on any atom is 0.315 e. The van der Waals surface area contributed by atoms with Gasteiger partial charge in [-0.15, -0.1) is 11.3 Å². The Morgan fingerprint density at radius 3 is 2.29 bits per heavy atom. The summed E-state index contributed by atoms with van der Waals surface area (Å²) in [6.07, 6.45) is 6.24. The summed E-state index contributed by atoms with van der Waals surface area (Å²) in [5, 5.41) is 9.10. The molecule has 2 aliphatic carbocycles. The molecule has 2 fully saturated rings. The van der Waals surface area contributed by atoms with Gasteiger partial charge in [0.1, 0.15) is 10.8 Å². The molecular formula is C18H20FN3OS. The normalized spacial score (nSPS) is 19.5. The van der Waals surface area contributed by atoms with Gasteiger partial charge in [-0.3, -0.25) is 0 Å². The molecule has 24 heavy (non-hydrogen) atoms. The van der Waals surface area contributed by atoms with E-state index in [4.69, 9.17) is 0 Å². The quantitative estimate of drug-likeness (QED) is 0.825. The fourth-order valence-corrected chi connectivity index (χ4v) is 3.88. The predicted octanol–water partition coefficient (Wildman–Crippen LogP) is 4.18. The summed E-state index contributed by atoms with van der Waals surface area (Å²) < 4.78 is 13.1. The van der Waals surface area contributed by atoms with Crippen LogP contribution >= 0.6 is 11.3 Å². The number of carbonyl (C=O) groups is 1. The number of hydrogen-bond donors (Lipinski definition) is 2. The zero-order valence-electron chi connectivity index (χ0n) is 13.2. The Hall–Kier alpha value is -1.95. The third kappa shape index (κ3) is 3.59. The van der Waals surface area contributed by atoms with Crippen LogP contribution in [0.5, 0.6) is 0 Å². The van der Waals surface area contributed by atoms with Crippen LogP contribution in [0.2, 0.25) is 0 Å². The van der Waals surface area contributed by atoms with Gasteiger partial charge in [0.25, 0.3) is 0 Å². The van der Waals surface area contributed by atoms with Crippen LogP contribution in [0, 0.1) is 17.7 Å². The van der Waals surface area contributed by atoms with Gasteiger partial charge >= 0.3 is 6.03 Å². The minimum absolute atomic E-state index is 0.00179.